The van der Waals surface area contributed by atoms with Gasteiger partial charge < -0.3 is 9.42 Å². The molecule has 0 spiro atoms. The highest BCUT2D eigenvalue weighted by molar-refractivity contribution is 7.52. The first-order valence-electron chi connectivity index (χ1n) is 2.98. The first-order chi connectivity index (χ1) is 5.08. The molecule has 0 amide bonds. The Labute approximate surface area is 64.4 Å². The number of hydrogen-bond acceptors (Lipinski definition) is 3. The summed E-state index contributed by atoms with van der Waals surface area (Å²) in [6.45, 7) is 1.12. The van der Waals surface area contributed by atoms with E-state index in [2.05, 4.69) is 9.51 Å². The monoisotopic (exact) mass is 173 g/mol. The minimum atomic E-state index is -3.43. The lowest BCUT2D eigenvalue weighted by molar-refractivity contribution is 0.387. The lowest BCUT2D eigenvalue weighted by Gasteiger charge is -2.06. The van der Waals surface area contributed by atoms with Gasteiger partial charge in [-0.15, -0.1) is 0 Å². The molecule has 11 heavy (non-hydrogen) atoms. The van der Waals surface area contributed by atoms with Crippen LogP contribution >= 0.6 is 7.60 Å². The smallest absolute Gasteiger partial charge is 0.373 e. The normalized spacial score (nSPS) is 15.5. The molecule has 5 heteroatoms. The first-order valence-corrected chi connectivity index (χ1v) is 5.00. The topological polar surface area (TPSA) is 59.4 Å². The van der Waals surface area contributed by atoms with Crippen molar-refractivity contribution >= 4 is 7.60 Å². The summed E-state index contributed by atoms with van der Waals surface area (Å²) in [5.74, 6) is 0.306. The molecule has 0 saturated carbocycles. The second-order valence-corrected chi connectivity index (χ2v) is 3.87. The zero-order chi connectivity index (χ0) is 8.32. The van der Waals surface area contributed by atoms with Gasteiger partial charge in [-0.1, -0.05) is 0 Å². The van der Waals surface area contributed by atoms with Gasteiger partial charge in [-0.2, -0.15) is 0 Å². The Kier molecular flexibility index (Phi) is 2.27. The van der Waals surface area contributed by atoms with E-state index >= 15 is 0 Å². The molecule has 0 aromatic carbocycles. The van der Waals surface area contributed by atoms with Crippen LogP contribution in [0.5, 0.6) is 5.75 Å². The molecule has 0 aliphatic rings. The SMILES string of the molecule is CP(=O)(O)Oc1cccnc1. The van der Waals surface area contributed by atoms with Crippen molar-refractivity contribution in [2.45, 2.75) is 0 Å². The summed E-state index contributed by atoms with van der Waals surface area (Å²) in [5.41, 5.74) is 0. The molecule has 4 nitrogen and oxygen atoms in total. The van der Waals surface area contributed by atoms with E-state index in [9.17, 15) is 4.57 Å². The Morgan fingerprint density at radius 2 is 2.45 bits per heavy atom. The van der Waals surface area contributed by atoms with Gasteiger partial charge in [0.2, 0.25) is 0 Å². The van der Waals surface area contributed by atoms with E-state index < -0.39 is 7.60 Å². The minimum absolute atomic E-state index is 0.306. The third-order valence-corrected chi connectivity index (χ3v) is 1.46. The molecule has 1 atom stereocenters. The predicted molar refractivity (Wildman–Crippen MR) is 40.6 cm³/mol. The van der Waals surface area contributed by atoms with Gasteiger partial charge >= 0.3 is 7.60 Å². The Balaban J connectivity index is 2.74. The molecule has 1 heterocycles. The molecule has 0 fully saturated rings. The molecule has 1 rings (SSSR count). The van der Waals surface area contributed by atoms with Gasteiger partial charge in [-0.05, 0) is 12.1 Å². The average Bonchev–Trinajstić information content (AvgIpc) is 1.85. The van der Waals surface area contributed by atoms with Crippen LogP contribution in [0.3, 0.4) is 0 Å². The van der Waals surface area contributed by atoms with Crippen molar-refractivity contribution in [3.63, 3.8) is 0 Å². The minimum Gasteiger partial charge on any atom is -0.423 e. The van der Waals surface area contributed by atoms with E-state index in [1.165, 1.54) is 6.20 Å². The van der Waals surface area contributed by atoms with Crippen molar-refractivity contribution in [2.75, 3.05) is 6.66 Å². The van der Waals surface area contributed by atoms with Crippen molar-refractivity contribution in [1.29, 1.82) is 0 Å². The quantitative estimate of drug-likeness (QED) is 0.684. The molecule has 0 aliphatic carbocycles. The summed E-state index contributed by atoms with van der Waals surface area (Å²) in [6.07, 6.45) is 2.94. The molecule has 0 saturated heterocycles. The summed E-state index contributed by atoms with van der Waals surface area (Å²) in [4.78, 5) is 12.5. The van der Waals surface area contributed by atoms with Crippen LogP contribution in [0.1, 0.15) is 0 Å². The fourth-order valence-corrected chi connectivity index (χ4v) is 1.10. The molecule has 1 aromatic rings. The van der Waals surface area contributed by atoms with Gasteiger partial charge in [0, 0.05) is 12.9 Å². The number of aromatic nitrogens is 1. The molecule has 0 bridgehead atoms. The molecule has 0 aliphatic heterocycles. The van der Waals surface area contributed by atoms with Gasteiger partial charge in [0.1, 0.15) is 5.75 Å². The van der Waals surface area contributed by atoms with Crippen LogP contribution in [-0.4, -0.2) is 16.5 Å². The number of rotatable bonds is 2. The summed E-state index contributed by atoms with van der Waals surface area (Å²) < 4.78 is 15.3. The van der Waals surface area contributed by atoms with E-state index in [1.807, 2.05) is 0 Å². The van der Waals surface area contributed by atoms with E-state index in [1.54, 1.807) is 18.3 Å². The van der Waals surface area contributed by atoms with Crippen LogP contribution in [0.2, 0.25) is 0 Å². The summed E-state index contributed by atoms with van der Waals surface area (Å²) in [5, 5.41) is 0. The van der Waals surface area contributed by atoms with E-state index in [0.717, 1.165) is 6.66 Å². The van der Waals surface area contributed by atoms with E-state index in [0.29, 0.717) is 5.75 Å². The van der Waals surface area contributed by atoms with Gasteiger partial charge in [0.15, 0.2) is 0 Å². The molecular weight excluding hydrogens is 165 g/mol. The maximum atomic E-state index is 10.7. The summed E-state index contributed by atoms with van der Waals surface area (Å²) >= 11 is 0. The summed E-state index contributed by atoms with van der Waals surface area (Å²) in [6, 6.07) is 3.20. The Hall–Kier alpha value is -0.860. The van der Waals surface area contributed by atoms with Crippen LogP contribution in [0.25, 0.3) is 0 Å². The highest BCUT2D eigenvalue weighted by Crippen LogP contribution is 2.37. The van der Waals surface area contributed by atoms with Gasteiger partial charge in [0.25, 0.3) is 0 Å². The number of nitrogens with zero attached hydrogens (tertiary/aromatic N) is 1. The predicted octanol–water partition coefficient (Wildman–Crippen LogP) is 1.28. The van der Waals surface area contributed by atoms with Crippen LogP contribution < -0.4 is 4.52 Å². The van der Waals surface area contributed by atoms with Crippen molar-refractivity contribution in [3.8, 4) is 5.75 Å². The van der Waals surface area contributed by atoms with Crippen LogP contribution in [0, 0.1) is 0 Å². The standard InChI is InChI=1S/C6H8NO3P/c1-11(8,9)10-6-3-2-4-7-5-6/h2-5H,1H3,(H,8,9). The molecule has 1 aromatic heterocycles. The fourth-order valence-electron chi connectivity index (χ4n) is 0.597. The highest BCUT2D eigenvalue weighted by atomic mass is 31.2. The second kappa shape index (κ2) is 3.03. The largest absolute Gasteiger partial charge is 0.423 e. The van der Waals surface area contributed by atoms with Crippen LogP contribution in [0.4, 0.5) is 0 Å². The third kappa shape index (κ3) is 3.16. The van der Waals surface area contributed by atoms with Gasteiger partial charge in [-0.3, -0.25) is 4.98 Å². The average molecular weight is 173 g/mol. The van der Waals surface area contributed by atoms with Gasteiger partial charge in [-0.25, -0.2) is 4.57 Å². The fraction of sp³-hybridized carbons (Fsp3) is 0.167. The number of hydrogen-bond donors (Lipinski definition) is 1. The Morgan fingerprint density at radius 1 is 1.73 bits per heavy atom. The van der Waals surface area contributed by atoms with Crippen molar-refractivity contribution in [3.05, 3.63) is 24.5 Å². The molecule has 1 N–H and O–H groups in total. The zero-order valence-corrected chi connectivity index (χ0v) is 6.86. The maximum Gasteiger partial charge on any atom is 0.373 e. The lowest BCUT2D eigenvalue weighted by atomic mass is 10.5. The third-order valence-electron chi connectivity index (χ3n) is 0.909. The molecule has 1 unspecified atom stereocenters. The Bertz CT molecular complexity index is 268. The van der Waals surface area contributed by atoms with Crippen molar-refractivity contribution in [2.24, 2.45) is 0 Å². The van der Waals surface area contributed by atoms with Crippen molar-refractivity contribution < 1.29 is 14.0 Å². The second-order valence-electron chi connectivity index (χ2n) is 2.08. The van der Waals surface area contributed by atoms with Gasteiger partial charge in [0.05, 0.1) is 6.20 Å². The highest BCUT2D eigenvalue weighted by Gasteiger charge is 2.10. The Morgan fingerprint density at radius 3 is 2.91 bits per heavy atom. The molecule has 0 radical (unpaired) electrons. The van der Waals surface area contributed by atoms with Crippen molar-refractivity contribution in [1.82, 2.24) is 4.98 Å². The lowest BCUT2D eigenvalue weighted by Crippen LogP contribution is -1.88. The molecule has 60 valence electrons. The number of pyridine rings is 1. The first kappa shape index (κ1) is 8.24. The maximum absolute atomic E-state index is 10.7. The summed E-state index contributed by atoms with van der Waals surface area (Å²) in [7, 11) is -3.43. The van der Waals surface area contributed by atoms with E-state index in [4.69, 9.17) is 4.89 Å². The van der Waals surface area contributed by atoms with E-state index in [-0.39, 0.29) is 0 Å². The van der Waals surface area contributed by atoms with Crippen LogP contribution in [0.15, 0.2) is 24.5 Å². The van der Waals surface area contributed by atoms with Crippen LogP contribution in [-0.2, 0) is 4.57 Å². The zero-order valence-electron chi connectivity index (χ0n) is 5.97. The molecular formula is C6H8NO3P.